The van der Waals surface area contributed by atoms with Crippen LogP contribution in [0.15, 0.2) is 18.2 Å². The summed E-state index contributed by atoms with van der Waals surface area (Å²) < 4.78 is 5.90. The van der Waals surface area contributed by atoms with Crippen molar-refractivity contribution in [1.82, 2.24) is 4.90 Å². The molecule has 1 aromatic carbocycles. The molecule has 1 saturated carbocycles. The molecule has 1 aliphatic carbocycles. The molecule has 2 aliphatic rings. The van der Waals surface area contributed by atoms with Gasteiger partial charge in [-0.25, -0.2) is 0 Å². The molecule has 2 amide bonds. The lowest BCUT2D eigenvalue weighted by molar-refractivity contribution is -0.135. The Balaban J connectivity index is 1.48. The summed E-state index contributed by atoms with van der Waals surface area (Å²) in [7, 11) is 0. The maximum Gasteiger partial charge on any atom is 0.224 e. The van der Waals surface area contributed by atoms with Gasteiger partial charge in [0.2, 0.25) is 11.8 Å². The van der Waals surface area contributed by atoms with Crippen LogP contribution in [0.1, 0.15) is 56.9 Å². The maximum absolute atomic E-state index is 12.6. The van der Waals surface area contributed by atoms with Gasteiger partial charge in [-0.05, 0) is 37.8 Å². The Morgan fingerprint density at radius 3 is 2.81 bits per heavy atom. The topological polar surface area (TPSA) is 78.9 Å². The van der Waals surface area contributed by atoms with Crippen molar-refractivity contribution in [3.63, 3.8) is 0 Å². The Morgan fingerprint density at radius 2 is 2.04 bits per heavy atom. The van der Waals surface area contributed by atoms with Crippen LogP contribution >= 0.6 is 0 Å². The Kier molecular flexibility index (Phi) is 7.10. The second-order valence-electron chi connectivity index (χ2n) is 7.39. The molecule has 1 aliphatic heterocycles. The third-order valence-electron chi connectivity index (χ3n) is 5.48. The van der Waals surface area contributed by atoms with Crippen molar-refractivity contribution in [3.8, 4) is 5.75 Å². The second kappa shape index (κ2) is 9.74. The molecule has 0 spiro atoms. The van der Waals surface area contributed by atoms with E-state index in [9.17, 15) is 14.7 Å². The standard InChI is InChI=1S/C21H30N2O4/c24-14-13-23(16-6-2-1-3-7-16)21(26)10-5-15-27-19-9-4-8-18-17(19)11-12-20(25)22-18/h4,8-9,16,24H,1-3,5-7,10-15H2,(H,22,25). The number of aliphatic hydroxyl groups is 1. The zero-order chi connectivity index (χ0) is 19.1. The summed E-state index contributed by atoms with van der Waals surface area (Å²) in [6.45, 7) is 0.907. The minimum absolute atomic E-state index is 0.0145. The van der Waals surface area contributed by atoms with Crippen molar-refractivity contribution in [1.29, 1.82) is 0 Å². The normalized spacial score (nSPS) is 17.1. The number of amides is 2. The van der Waals surface area contributed by atoms with Gasteiger partial charge < -0.3 is 20.1 Å². The van der Waals surface area contributed by atoms with Gasteiger partial charge in [0, 0.05) is 36.7 Å². The summed E-state index contributed by atoms with van der Waals surface area (Å²) in [5.74, 6) is 0.943. The molecule has 27 heavy (non-hydrogen) atoms. The average Bonchev–Trinajstić information content (AvgIpc) is 2.69. The molecule has 0 aromatic heterocycles. The number of hydrogen-bond acceptors (Lipinski definition) is 4. The highest BCUT2D eigenvalue weighted by Gasteiger charge is 2.24. The first-order chi connectivity index (χ1) is 13.2. The predicted octanol–water partition coefficient (Wildman–Crippen LogP) is 2.88. The number of nitrogens with one attached hydrogen (secondary N) is 1. The first-order valence-corrected chi connectivity index (χ1v) is 10.1. The molecule has 3 rings (SSSR count). The smallest absolute Gasteiger partial charge is 0.224 e. The van der Waals surface area contributed by atoms with Gasteiger partial charge in [-0.3, -0.25) is 9.59 Å². The molecule has 1 fully saturated rings. The summed E-state index contributed by atoms with van der Waals surface area (Å²) in [5, 5.41) is 12.2. The molecule has 0 bridgehead atoms. The van der Waals surface area contributed by atoms with Crippen LogP contribution in [0, 0.1) is 0 Å². The van der Waals surface area contributed by atoms with E-state index in [0.29, 0.717) is 38.8 Å². The van der Waals surface area contributed by atoms with Crippen LogP contribution in [0.5, 0.6) is 5.75 Å². The fourth-order valence-corrected chi connectivity index (χ4v) is 4.09. The first-order valence-electron chi connectivity index (χ1n) is 10.1. The van der Waals surface area contributed by atoms with E-state index in [1.165, 1.54) is 19.3 Å². The van der Waals surface area contributed by atoms with E-state index in [1.54, 1.807) is 0 Å². The van der Waals surface area contributed by atoms with E-state index < -0.39 is 0 Å². The Morgan fingerprint density at radius 1 is 1.22 bits per heavy atom. The number of rotatable bonds is 8. The van der Waals surface area contributed by atoms with Gasteiger partial charge in [-0.15, -0.1) is 0 Å². The summed E-state index contributed by atoms with van der Waals surface area (Å²) in [4.78, 5) is 26.0. The van der Waals surface area contributed by atoms with Crippen LogP contribution in [-0.4, -0.2) is 47.6 Å². The Hall–Kier alpha value is -2.08. The van der Waals surface area contributed by atoms with Gasteiger partial charge in [0.25, 0.3) is 0 Å². The number of benzene rings is 1. The minimum Gasteiger partial charge on any atom is -0.493 e. The summed E-state index contributed by atoms with van der Waals surface area (Å²) in [6.07, 6.45) is 7.90. The number of hydrogen-bond donors (Lipinski definition) is 2. The molecule has 6 heteroatoms. The van der Waals surface area contributed by atoms with Gasteiger partial charge in [-0.1, -0.05) is 25.3 Å². The zero-order valence-electron chi connectivity index (χ0n) is 15.9. The molecule has 1 heterocycles. The lowest BCUT2D eigenvalue weighted by Crippen LogP contribution is -2.43. The molecule has 0 radical (unpaired) electrons. The highest BCUT2D eigenvalue weighted by molar-refractivity contribution is 5.94. The molecule has 2 N–H and O–H groups in total. The Labute approximate surface area is 160 Å². The van der Waals surface area contributed by atoms with E-state index >= 15 is 0 Å². The van der Waals surface area contributed by atoms with E-state index in [4.69, 9.17) is 4.74 Å². The van der Waals surface area contributed by atoms with Crippen LogP contribution in [0.3, 0.4) is 0 Å². The predicted molar refractivity (Wildman–Crippen MR) is 104 cm³/mol. The van der Waals surface area contributed by atoms with Crippen molar-refractivity contribution in [2.75, 3.05) is 25.1 Å². The molecule has 0 unspecified atom stereocenters. The van der Waals surface area contributed by atoms with Crippen molar-refractivity contribution in [2.45, 2.75) is 63.8 Å². The number of fused-ring (bicyclic) bond motifs is 1. The van der Waals surface area contributed by atoms with Crippen LogP contribution in [-0.2, 0) is 16.0 Å². The van der Waals surface area contributed by atoms with Crippen LogP contribution < -0.4 is 10.1 Å². The van der Waals surface area contributed by atoms with Crippen LogP contribution in [0.25, 0.3) is 0 Å². The lowest BCUT2D eigenvalue weighted by atomic mass is 9.94. The Bertz CT molecular complexity index is 656. The monoisotopic (exact) mass is 374 g/mol. The van der Waals surface area contributed by atoms with Gasteiger partial charge in [-0.2, -0.15) is 0 Å². The van der Waals surface area contributed by atoms with Crippen molar-refractivity contribution < 1.29 is 19.4 Å². The minimum atomic E-state index is 0.0145. The van der Waals surface area contributed by atoms with Crippen molar-refractivity contribution in [2.24, 2.45) is 0 Å². The largest absolute Gasteiger partial charge is 0.493 e. The van der Waals surface area contributed by atoms with Crippen LogP contribution in [0.2, 0.25) is 0 Å². The fraction of sp³-hybridized carbons (Fsp3) is 0.619. The van der Waals surface area contributed by atoms with Gasteiger partial charge >= 0.3 is 0 Å². The first kappa shape index (κ1) is 19.7. The highest BCUT2D eigenvalue weighted by Crippen LogP contribution is 2.31. The summed E-state index contributed by atoms with van der Waals surface area (Å²) >= 11 is 0. The molecule has 1 aromatic rings. The summed E-state index contributed by atoms with van der Waals surface area (Å²) in [5.41, 5.74) is 1.86. The number of anilines is 1. The zero-order valence-corrected chi connectivity index (χ0v) is 15.9. The quantitative estimate of drug-likeness (QED) is 0.686. The van der Waals surface area contributed by atoms with Gasteiger partial charge in [0.15, 0.2) is 0 Å². The van der Waals surface area contributed by atoms with E-state index in [-0.39, 0.29) is 24.5 Å². The summed E-state index contributed by atoms with van der Waals surface area (Å²) in [6, 6.07) is 5.96. The van der Waals surface area contributed by atoms with Gasteiger partial charge in [0.05, 0.1) is 13.2 Å². The lowest BCUT2D eigenvalue weighted by Gasteiger charge is -2.34. The molecule has 0 saturated heterocycles. The fourth-order valence-electron chi connectivity index (χ4n) is 4.09. The second-order valence-corrected chi connectivity index (χ2v) is 7.39. The number of aliphatic hydroxyl groups excluding tert-OH is 1. The van der Waals surface area contributed by atoms with E-state index in [1.807, 2.05) is 23.1 Å². The molecular formula is C21H30N2O4. The third kappa shape index (κ3) is 5.22. The number of carbonyl (C=O) groups excluding carboxylic acids is 2. The SMILES string of the molecule is O=C1CCc2c(cccc2OCCCC(=O)N(CCO)C2CCCCC2)N1. The molecule has 148 valence electrons. The third-order valence-corrected chi connectivity index (χ3v) is 5.48. The molecule has 0 atom stereocenters. The van der Waals surface area contributed by atoms with Crippen molar-refractivity contribution >= 4 is 17.5 Å². The average molecular weight is 374 g/mol. The van der Waals surface area contributed by atoms with Gasteiger partial charge in [0.1, 0.15) is 5.75 Å². The van der Waals surface area contributed by atoms with E-state index in [0.717, 1.165) is 29.8 Å². The molecular weight excluding hydrogens is 344 g/mol. The number of carbonyl (C=O) groups is 2. The number of nitrogens with zero attached hydrogens (tertiary/aromatic N) is 1. The van der Waals surface area contributed by atoms with E-state index in [2.05, 4.69) is 5.32 Å². The van der Waals surface area contributed by atoms with Crippen LogP contribution in [0.4, 0.5) is 5.69 Å². The highest BCUT2D eigenvalue weighted by atomic mass is 16.5. The molecule has 6 nitrogen and oxygen atoms in total. The number of ether oxygens (including phenoxy) is 1. The van der Waals surface area contributed by atoms with Crippen molar-refractivity contribution in [3.05, 3.63) is 23.8 Å². The maximum atomic E-state index is 12.6.